The van der Waals surface area contributed by atoms with E-state index in [2.05, 4.69) is 20.6 Å². The van der Waals surface area contributed by atoms with Crippen molar-refractivity contribution in [2.75, 3.05) is 5.32 Å². The van der Waals surface area contributed by atoms with Crippen LogP contribution < -0.4 is 10.6 Å². The van der Waals surface area contributed by atoms with E-state index in [-0.39, 0.29) is 24.0 Å². The second kappa shape index (κ2) is 7.93. The van der Waals surface area contributed by atoms with Gasteiger partial charge in [-0.25, -0.2) is 14.4 Å². The third-order valence-electron chi connectivity index (χ3n) is 3.71. The molecule has 0 bridgehead atoms. The third kappa shape index (κ3) is 4.55. The number of anilines is 2. The van der Waals surface area contributed by atoms with Crippen LogP contribution >= 0.6 is 11.6 Å². The Morgan fingerprint density at radius 1 is 1.12 bits per heavy atom. The number of carbonyl (C=O) groups excluding carboxylic acids is 1. The van der Waals surface area contributed by atoms with Crippen LogP contribution in [-0.2, 0) is 6.54 Å². The molecule has 132 valence electrons. The van der Waals surface area contributed by atoms with Crippen LogP contribution in [0.2, 0.25) is 5.02 Å². The van der Waals surface area contributed by atoms with E-state index in [1.54, 1.807) is 18.2 Å². The molecule has 0 aliphatic heterocycles. The highest BCUT2D eigenvalue weighted by atomic mass is 35.5. The molecule has 0 spiro atoms. The molecule has 2 aromatic carbocycles. The number of nitrogens with zero attached hydrogens (tertiary/aromatic N) is 2. The summed E-state index contributed by atoms with van der Waals surface area (Å²) in [5.41, 5.74) is 2.82. The van der Waals surface area contributed by atoms with Gasteiger partial charge in [0.1, 0.15) is 17.3 Å². The number of aromatic nitrogens is 2. The Balaban J connectivity index is 1.62. The van der Waals surface area contributed by atoms with E-state index >= 15 is 0 Å². The fourth-order valence-corrected chi connectivity index (χ4v) is 2.42. The molecule has 7 heteroatoms. The Morgan fingerprint density at radius 3 is 2.58 bits per heavy atom. The van der Waals surface area contributed by atoms with Crippen molar-refractivity contribution in [2.24, 2.45) is 0 Å². The standard InChI is InChI=1S/C19H16ClFN4O/c1-12-2-5-14(20)8-16(12)25-18-11-22-17(10-23-18)19(26)24-9-13-3-6-15(21)7-4-13/h2-8,10-11H,9H2,1H3,(H,23,25)(H,24,26). The summed E-state index contributed by atoms with van der Waals surface area (Å²) in [6.45, 7) is 2.23. The fourth-order valence-electron chi connectivity index (χ4n) is 2.25. The highest BCUT2D eigenvalue weighted by molar-refractivity contribution is 6.30. The van der Waals surface area contributed by atoms with E-state index in [4.69, 9.17) is 11.6 Å². The van der Waals surface area contributed by atoms with Crippen LogP contribution in [0.5, 0.6) is 0 Å². The number of rotatable bonds is 5. The van der Waals surface area contributed by atoms with Crippen LogP contribution in [0.3, 0.4) is 0 Å². The monoisotopic (exact) mass is 370 g/mol. The smallest absolute Gasteiger partial charge is 0.271 e. The number of hydrogen-bond donors (Lipinski definition) is 2. The van der Waals surface area contributed by atoms with Gasteiger partial charge in [-0.1, -0.05) is 29.8 Å². The van der Waals surface area contributed by atoms with Gasteiger partial charge in [-0.05, 0) is 42.3 Å². The molecule has 0 fully saturated rings. The lowest BCUT2D eigenvalue weighted by molar-refractivity contribution is 0.0945. The Morgan fingerprint density at radius 2 is 1.88 bits per heavy atom. The van der Waals surface area contributed by atoms with Gasteiger partial charge in [0.2, 0.25) is 0 Å². The molecule has 0 radical (unpaired) electrons. The molecule has 5 nitrogen and oxygen atoms in total. The molecule has 0 saturated carbocycles. The number of halogens is 2. The Bertz CT molecular complexity index is 914. The molecule has 0 atom stereocenters. The predicted molar refractivity (Wildman–Crippen MR) is 99.1 cm³/mol. The molecule has 1 aromatic heterocycles. The van der Waals surface area contributed by atoms with Crippen LogP contribution in [0, 0.1) is 12.7 Å². The lowest BCUT2D eigenvalue weighted by atomic mass is 10.2. The zero-order valence-corrected chi connectivity index (χ0v) is 14.7. The van der Waals surface area contributed by atoms with E-state index in [0.717, 1.165) is 16.8 Å². The number of nitrogens with one attached hydrogen (secondary N) is 2. The molecule has 0 saturated heterocycles. The van der Waals surface area contributed by atoms with E-state index in [0.29, 0.717) is 10.8 Å². The van der Waals surface area contributed by atoms with Crippen molar-refractivity contribution in [2.45, 2.75) is 13.5 Å². The summed E-state index contributed by atoms with van der Waals surface area (Å²) in [5, 5.41) is 6.45. The van der Waals surface area contributed by atoms with Gasteiger partial charge in [0.25, 0.3) is 5.91 Å². The summed E-state index contributed by atoms with van der Waals surface area (Å²) < 4.78 is 12.9. The van der Waals surface area contributed by atoms with E-state index in [9.17, 15) is 9.18 Å². The van der Waals surface area contributed by atoms with E-state index < -0.39 is 0 Å². The van der Waals surface area contributed by atoms with Gasteiger partial charge in [0.15, 0.2) is 0 Å². The molecule has 1 amide bonds. The average Bonchev–Trinajstić information content (AvgIpc) is 2.64. The summed E-state index contributed by atoms with van der Waals surface area (Å²) in [7, 11) is 0. The van der Waals surface area contributed by atoms with Crippen molar-refractivity contribution in [3.8, 4) is 0 Å². The Labute approximate surface area is 155 Å². The zero-order chi connectivity index (χ0) is 18.5. The fraction of sp³-hybridized carbons (Fsp3) is 0.105. The summed E-state index contributed by atoms with van der Waals surface area (Å²) >= 11 is 5.99. The molecule has 0 aliphatic rings. The normalized spacial score (nSPS) is 10.4. The van der Waals surface area contributed by atoms with E-state index in [1.165, 1.54) is 24.5 Å². The number of aryl methyl sites for hydroxylation is 1. The zero-order valence-electron chi connectivity index (χ0n) is 14.0. The molecular weight excluding hydrogens is 355 g/mol. The number of benzene rings is 2. The number of amides is 1. The first-order valence-electron chi connectivity index (χ1n) is 7.89. The minimum Gasteiger partial charge on any atom is -0.347 e. The van der Waals surface area contributed by atoms with Crippen molar-refractivity contribution in [3.05, 3.63) is 82.5 Å². The van der Waals surface area contributed by atoms with Crippen molar-refractivity contribution in [1.82, 2.24) is 15.3 Å². The van der Waals surface area contributed by atoms with Crippen LogP contribution in [0.15, 0.2) is 54.9 Å². The van der Waals surface area contributed by atoms with Crippen molar-refractivity contribution in [1.29, 1.82) is 0 Å². The first kappa shape index (κ1) is 17.8. The molecular formula is C19H16ClFN4O. The molecule has 3 aromatic rings. The average molecular weight is 371 g/mol. The molecule has 3 rings (SSSR count). The largest absolute Gasteiger partial charge is 0.347 e. The molecule has 1 heterocycles. The number of carbonyl (C=O) groups is 1. The van der Waals surface area contributed by atoms with Gasteiger partial charge in [0.05, 0.1) is 12.4 Å². The van der Waals surface area contributed by atoms with Crippen LogP contribution in [0.4, 0.5) is 15.9 Å². The summed E-state index contributed by atoms with van der Waals surface area (Å²) in [6.07, 6.45) is 2.87. The van der Waals surface area contributed by atoms with Gasteiger partial charge in [-0.15, -0.1) is 0 Å². The van der Waals surface area contributed by atoms with Crippen LogP contribution in [0.1, 0.15) is 21.6 Å². The summed E-state index contributed by atoms with van der Waals surface area (Å²) in [5.74, 6) is -0.165. The third-order valence-corrected chi connectivity index (χ3v) is 3.95. The summed E-state index contributed by atoms with van der Waals surface area (Å²) in [6, 6.07) is 11.4. The maximum atomic E-state index is 12.9. The quantitative estimate of drug-likeness (QED) is 0.704. The predicted octanol–water partition coefficient (Wildman–Crippen LogP) is 4.25. The van der Waals surface area contributed by atoms with Gasteiger partial charge in [-0.2, -0.15) is 0 Å². The molecule has 0 aliphatic carbocycles. The van der Waals surface area contributed by atoms with Crippen molar-refractivity contribution < 1.29 is 9.18 Å². The lowest BCUT2D eigenvalue weighted by Gasteiger charge is -2.09. The van der Waals surface area contributed by atoms with Gasteiger partial charge >= 0.3 is 0 Å². The second-order valence-corrected chi connectivity index (χ2v) is 6.12. The van der Waals surface area contributed by atoms with Crippen molar-refractivity contribution in [3.63, 3.8) is 0 Å². The topological polar surface area (TPSA) is 66.9 Å². The first-order valence-corrected chi connectivity index (χ1v) is 8.27. The highest BCUT2D eigenvalue weighted by Crippen LogP contribution is 2.22. The second-order valence-electron chi connectivity index (χ2n) is 5.68. The molecule has 26 heavy (non-hydrogen) atoms. The maximum absolute atomic E-state index is 12.9. The van der Waals surface area contributed by atoms with Crippen LogP contribution in [-0.4, -0.2) is 15.9 Å². The first-order chi connectivity index (χ1) is 12.5. The molecule has 2 N–H and O–H groups in total. The minimum absolute atomic E-state index is 0.195. The minimum atomic E-state index is -0.354. The highest BCUT2D eigenvalue weighted by Gasteiger charge is 2.09. The lowest BCUT2D eigenvalue weighted by Crippen LogP contribution is -2.24. The van der Waals surface area contributed by atoms with Crippen LogP contribution in [0.25, 0.3) is 0 Å². The van der Waals surface area contributed by atoms with E-state index in [1.807, 2.05) is 19.1 Å². The van der Waals surface area contributed by atoms with Crippen molar-refractivity contribution >= 4 is 29.0 Å². The Hall–Kier alpha value is -2.99. The van der Waals surface area contributed by atoms with Gasteiger partial charge in [0, 0.05) is 17.3 Å². The SMILES string of the molecule is Cc1ccc(Cl)cc1Nc1cnc(C(=O)NCc2ccc(F)cc2)cn1. The number of hydrogen-bond acceptors (Lipinski definition) is 4. The molecule has 0 unspecified atom stereocenters. The Kier molecular flexibility index (Phi) is 5.43. The summed E-state index contributed by atoms with van der Waals surface area (Å²) in [4.78, 5) is 20.5. The van der Waals surface area contributed by atoms with Gasteiger partial charge < -0.3 is 10.6 Å². The van der Waals surface area contributed by atoms with Gasteiger partial charge in [-0.3, -0.25) is 4.79 Å². The maximum Gasteiger partial charge on any atom is 0.271 e.